The molecule has 1 heterocycles. The number of aromatic nitrogens is 1. The Bertz CT molecular complexity index is 239. The third-order valence-corrected chi connectivity index (χ3v) is 3.30. The van der Waals surface area contributed by atoms with Crippen LogP contribution in [0.4, 0.5) is 0 Å². The lowest BCUT2D eigenvalue weighted by atomic mass is 10.4. The van der Waals surface area contributed by atoms with E-state index in [1.54, 1.807) is 6.07 Å². The smallest absolute Gasteiger partial charge is 0.144 e. The Morgan fingerprint density at radius 3 is 2.60 bits per heavy atom. The minimum atomic E-state index is 0.477. The van der Waals surface area contributed by atoms with Gasteiger partial charge >= 0.3 is 0 Å². The molecule has 4 heteroatoms. The monoisotopic (exact) mass is 287 g/mol. The predicted molar refractivity (Wildman–Crippen MR) is 51.7 cm³/mol. The highest BCUT2D eigenvalue weighted by Gasteiger charge is 2.03. The Labute approximate surface area is 82.9 Å². The van der Waals surface area contributed by atoms with Crippen molar-refractivity contribution >= 4 is 45.8 Å². The Morgan fingerprint density at radius 2 is 2.10 bits per heavy atom. The molecule has 54 valence electrons. The molecule has 1 rings (SSSR count). The summed E-state index contributed by atoms with van der Waals surface area (Å²) >= 11 is 13.6. The highest BCUT2D eigenvalue weighted by atomic mass is 127. The van der Waals surface area contributed by atoms with Crippen LogP contribution in [-0.4, -0.2) is 4.98 Å². The van der Waals surface area contributed by atoms with Crippen LogP contribution in [0.15, 0.2) is 6.07 Å². The van der Waals surface area contributed by atoms with Gasteiger partial charge in [-0.1, -0.05) is 23.2 Å². The summed E-state index contributed by atoms with van der Waals surface area (Å²) in [4.78, 5) is 4.01. The number of aryl methyl sites for hydroxylation is 1. The van der Waals surface area contributed by atoms with Gasteiger partial charge in [0.2, 0.25) is 0 Å². The average molecular weight is 288 g/mol. The SMILES string of the molecule is Cc1cc(Cl)c(I)c(Cl)n1. The number of hydrogen-bond acceptors (Lipinski definition) is 1. The summed E-state index contributed by atoms with van der Waals surface area (Å²) in [5.74, 6) is 0. The zero-order chi connectivity index (χ0) is 7.72. The Kier molecular flexibility index (Phi) is 2.77. The minimum Gasteiger partial charge on any atom is -0.240 e. The Balaban J connectivity index is 3.31. The summed E-state index contributed by atoms with van der Waals surface area (Å²) < 4.78 is 0.812. The van der Waals surface area contributed by atoms with Gasteiger partial charge in [-0.2, -0.15) is 0 Å². The van der Waals surface area contributed by atoms with Gasteiger partial charge in [0.1, 0.15) is 5.15 Å². The quantitative estimate of drug-likeness (QED) is 0.527. The van der Waals surface area contributed by atoms with Crippen LogP contribution in [0, 0.1) is 10.5 Å². The summed E-state index contributed by atoms with van der Waals surface area (Å²) in [6, 6.07) is 1.79. The largest absolute Gasteiger partial charge is 0.240 e. The number of hydrogen-bond donors (Lipinski definition) is 0. The Hall–Kier alpha value is 0.460. The number of halogens is 3. The molecule has 1 nitrogen and oxygen atoms in total. The molecule has 0 radical (unpaired) electrons. The first kappa shape index (κ1) is 8.56. The van der Waals surface area contributed by atoms with Crippen molar-refractivity contribution in [3.05, 3.63) is 25.5 Å². The summed E-state index contributed by atoms with van der Waals surface area (Å²) in [7, 11) is 0. The van der Waals surface area contributed by atoms with Gasteiger partial charge in [0, 0.05) is 5.69 Å². The molecule has 0 unspecified atom stereocenters. The molecule has 0 aromatic carbocycles. The second kappa shape index (κ2) is 3.24. The second-order valence-corrected chi connectivity index (χ2v) is 3.69. The molecule has 0 saturated heterocycles. The second-order valence-electron chi connectivity index (χ2n) is 1.85. The van der Waals surface area contributed by atoms with Gasteiger partial charge in [0.05, 0.1) is 8.59 Å². The zero-order valence-electron chi connectivity index (χ0n) is 5.16. The molecular weight excluding hydrogens is 284 g/mol. The molecule has 0 fully saturated rings. The Morgan fingerprint density at radius 1 is 1.50 bits per heavy atom. The van der Waals surface area contributed by atoms with Gasteiger partial charge < -0.3 is 0 Å². The highest BCUT2D eigenvalue weighted by molar-refractivity contribution is 14.1. The van der Waals surface area contributed by atoms with Crippen LogP contribution in [-0.2, 0) is 0 Å². The van der Waals surface area contributed by atoms with E-state index in [-0.39, 0.29) is 0 Å². The maximum atomic E-state index is 5.79. The van der Waals surface area contributed by atoms with Crippen LogP contribution in [0.3, 0.4) is 0 Å². The molecule has 0 N–H and O–H groups in total. The van der Waals surface area contributed by atoms with E-state index in [1.807, 2.05) is 6.92 Å². The molecule has 0 aliphatic heterocycles. The minimum absolute atomic E-state index is 0.477. The van der Waals surface area contributed by atoms with Crippen LogP contribution in [0.1, 0.15) is 5.69 Å². The van der Waals surface area contributed by atoms with E-state index >= 15 is 0 Å². The number of nitrogens with zero attached hydrogens (tertiary/aromatic N) is 1. The van der Waals surface area contributed by atoms with Crippen LogP contribution < -0.4 is 0 Å². The summed E-state index contributed by atoms with van der Waals surface area (Å²) in [5, 5.41) is 1.14. The lowest BCUT2D eigenvalue weighted by molar-refractivity contribution is 1.19. The lowest BCUT2D eigenvalue weighted by Crippen LogP contribution is -1.85. The van der Waals surface area contributed by atoms with Crippen molar-refractivity contribution in [2.75, 3.05) is 0 Å². The first-order chi connectivity index (χ1) is 4.61. The van der Waals surface area contributed by atoms with E-state index in [2.05, 4.69) is 27.6 Å². The zero-order valence-corrected chi connectivity index (χ0v) is 8.83. The summed E-state index contributed by atoms with van der Waals surface area (Å²) in [6.45, 7) is 1.86. The molecule has 0 spiro atoms. The van der Waals surface area contributed by atoms with Crippen molar-refractivity contribution in [2.45, 2.75) is 6.92 Å². The molecule has 0 aliphatic rings. The number of pyridine rings is 1. The van der Waals surface area contributed by atoms with Crippen LogP contribution >= 0.6 is 45.8 Å². The highest BCUT2D eigenvalue weighted by Crippen LogP contribution is 2.24. The lowest BCUT2D eigenvalue weighted by Gasteiger charge is -1.98. The predicted octanol–water partition coefficient (Wildman–Crippen LogP) is 3.30. The van der Waals surface area contributed by atoms with E-state index in [4.69, 9.17) is 23.2 Å². The fourth-order valence-electron chi connectivity index (χ4n) is 0.581. The van der Waals surface area contributed by atoms with E-state index < -0.39 is 0 Å². The van der Waals surface area contributed by atoms with Crippen molar-refractivity contribution in [1.82, 2.24) is 4.98 Å². The fraction of sp³-hybridized carbons (Fsp3) is 0.167. The van der Waals surface area contributed by atoms with E-state index in [0.717, 1.165) is 9.26 Å². The molecule has 0 amide bonds. The van der Waals surface area contributed by atoms with Crippen LogP contribution in [0.2, 0.25) is 10.2 Å². The first-order valence-electron chi connectivity index (χ1n) is 2.59. The van der Waals surface area contributed by atoms with Gasteiger partial charge in [-0.3, -0.25) is 0 Å². The van der Waals surface area contributed by atoms with E-state index in [9.17, 15) is 0 Å². The maximum Gasteiger partial charge on any atom is 0.144 e. The summed E-state index contributed by atoms with van der Waals surface area (Å²) in [6.07, 6.45) is 0. The van der Waals surface area contributed by atoms with Gasteiger partial charge in [-0.05, 0) is 35.6 Å². The fourth-order valence-corrected chi connectivity index (χ4v) is 1.39. The van der Waals surface area contributed by atoms with Gasteiger partial charge in [-0.15, -0.1) is 0 Å². The van der Waals surface area contributed by atoms with Crippen molar-refractivity contribution < 1.29 is 0 Å². The van der Waals surface area contributed by atoms with Gasteiger partial charge in [0.15, 0.2) is 0 Å². The number of rotatable bonds is 0. The van der Waals surface area contributed by atoms with Crippen molar-refractivity contribution in [2.24, 2.45) is 0 Å². The van der Waals surface area contributed by atoms with E-state index in [1.165, 1.54) is 0 Å². The molecule has 0 aliphatic carbocycles. The van der Waals surface area contributed by atoms with Crippen molar-refractivity contribution in [3.63, 3.8) is 0 Å². The average Bonchev–Trinajstić information content (AvgIpc) is 1.82. The third kappa shape index (κ3) is 1.74. The molecule has 0 bridgehead atoms. The van der Waals surface area contributed by atoms with E-state index in [0.29, 0.717) is 10.2 Å². The molecular formula is C6H4Cl2IN. The molecule has 0 saturated carbocycles. The molecule has 10 heavy (non-hydrogen) atoms. The molecule has 0 atom stereocenters. The maximum absolute atomic E-state index is 5.79. The third-order valence-electron chi connectivity index (χ3n) is 1.00. The molecule has 1 aromatic heterocycles. The summed E-state index contributed by atoms with van der Waals surface area (Å²) in [5.41, 5.74) is 0.843. The van der Waals surface area contributed by atoms with Crippen molar-refractivity contribution in [1.29, 1.82) is 0 Å². The topological polar surface area (TPSA) is 12.9 Å². The van der Waals surface area contributed by atoms with Crippen molar-refractivity contribution in [3.8, 4) is 0 Å². The first-order valence-corrected chi connectivity index (χ1v) is 4.43. The molecule has 1 aromatic rings. The normalized spacial score (nSPS) is 10.0. The van der Waals surface area contributed by atoms with Crippen LogP contribution in [0.25, 0.3) is 0 Å². The van der Waals surface area contributed by atoms with Gasteiger partial charge in [-0.25, -0.2) is 4.98 Å². The van der Waals surface area contributed by atoms with Crippen LogP contribution in [0.5, 0.6) is 0 Å². The standard InChI is InChI=1S/C6H4Cl2IN/c1-3-2-4(7)5(9)6(8)10-3/h2H,1H3. The van der Waals surface area contributed by atoms with Gasteiger partial charge in [0.25, 0.3) is 0 Å².